The van der Waals surface area contributed by atoms with Crippen LogP contribution in [0.3, 0.4) is 0 Å². The first-order chi connectivity index (χ1) is 12.2. The molecule has 3 rings (SSSR count). The molecular formula is C22H32O2S. The van der Waals surface area contributed by atoms with Gasteiger partial charge in [0.25, 0.3) is 0 Å². The molecule has 2 aliphatic carbocycles. The fourth-order valence-electron chi connectivity index (χ4n) is 4.90. The van der Waals surface area contributed by atoms with E-state index in [0.29, 0.717) is 5.75 Å². The zero-order valence-electron chi connectivity index (χ0n) is 15.5. The molecule has 2 saturated carbocycles. The highest BCUT2D eigenvalue weighted by molar-refractivity contribution is 7.80. The van der Waals surface area contributed by atoms with Gasteiger partial charge < -0.3 is 4.74 Å². The fraction of sp³-hybridized carbons (Fsp3) is 0.682. The van der Waals surface area contributed by atoms with Gasteiger partial charge in [0.1, 0.15) is 5.75 Å². The summed E-state index contributed by atoms with van der Waals surface area (Å²) in [6.07, 6.45) is 12.9. The van der Waals surface area contributed by atoms with Crippen LogP contribution in [0.5, 0.6) is 5.75 Å². The van der Waals surface area contributed by atoms with Crippen molar-refractivity contribution in [3.63, 3.8) is 0 Å². The number of carbonyl (C=O) groups excluding carboxylic acids is 1. The van der Waals surface area contributed by atoms with Crippen molar-refractivity contribution in [1.82, 2.24) is 0 Å². The first-order valence-electron chi connectivity index (χ1n) is 10.2. The number of rotatable bonds is 5. The summed E-state index contributed by atoms with van der Waals surface area (Å²) in [4.78, 5) is 13.3. The normalized spacial score (nSPS) is 30.0. The number of hydrogen-bond acceptors (Lipinski definition) is 3. The number of hydrogen-bond donors (Lipinski definition) is 1. The maximum atomic E-state index is 12.4. The summed E-state index contributed by atoms with van der Waals surface area (Å²) in [5.41, 5.74) is 0. The lowest BCUT2D eigenvalue weighted by Gasteiger charge is -2.37. The minimum Gasteiger partial charge on any atom is -0.426 e. The predicted molar refractivity (Wildman–Crippen MR) is 105 cm³/mol. The maximum Gasteiger partial charge on any atom is 0.314 e. The van der Waals surface area contributed by atoms with Gasteiger partial charge >= 0.3 is 5.97 Å². The van der Waals surface area contributed by atoms with E-state index in [2.05, 4.69) is 19.6 Å². The molecule has 0 amide bonds. The van der Waals surface area contributed by atoms with E-state index in [9.17, 15) is 4.79 Å². The number of esters is 1. The average Bonchev–Trinajstić information content (AvgIpc) is 2.65. The van der Waals surface area contributed by atoms with Crippen molar-refractivity contribution in [2.24, 2.45) is 23.7 Å². The Morgan fingerprint density at radius 2 is 1.52 bits per heavy atom. The van der Waals surface area contributed by atoms with Gasteiger partial charge in [0.2, 0.25) is 0 Å². The fourth-order valence-corrected chi connectivity index (χ4v) is 5.05. The van der Waals surface area contributed by atoms with Crippen LogP contribution >= 0.6 is 12.6 Å². The molecule has 0 heterocycles. The molecule has 0 aliphatic heterocycles. The van der Waals surface area contributed by atoms with Crippen molar-refractivity contribution in [2.75, 3.05) is 0 Å². The van der Waals surface area contributed by atoms with Crippen LogP contribution in [0, 0.1) is 23.7 Å². The number of carbonyl (C=O) groups is 1. The third-order valence-electron chi connectivity index (χ3n) is 6.42. The van der Waals surface area contributed by atoms with Crippen molar-refractivity contribution >= 4 is 18.6 Å². The van der Waals surface area contributed by atoms with E-state index in [1.807, 2.05) is 24.3 Å². The van der Waals surface area contributed by atoms with E-state index in [-0.39, 0.29) is 11.9 Å². The second-order valence-corrected chi connectivity index (χ2v) is 8.61. The molecule has 0 spiro atoms. The van der Waals surface area contributed by atoms with E-state index in [1.54, 1.807) is 0 Å². The van der Waals surface area contributed by atoms with E-state index in [0.717, 1.165) is 35.5 Å². The summed E-state index contributed by atoms with van der Waals surface area (Å²) >= 11 is 4.26. The summed E-state index contributed by atoms with van der Waals surface area (Å²) in [6, 6.07) is 7.36. The molecule has 0 saturated heterocycles. The van der Waals surface area contributed by atoms with Crippen molar-refractivity contribution in [2.45, 2.75) is 76.0 Å². The molecule has 1 aromatic rings. The van der Waals surface area contributed by atoms with Crippen LogP contribution in [0.15, 0.2) is 29.2 Å². The van der Waals surface area contributed by atoms with E-state index >= 15 is 0 Å². The lowest BCUT2D eigenvalue weighted by atomic mass is 9.69. The highest BCUT2D eigenvalue weighted by atomic mass is 32.1. The first kappa shape index (κ1) is 18.8. The molecule has 25 heavy (non-hydrogen) atoms. The highest BCUT2D eigenvalue weighted by Crippen LogP contribution is 2.42. The van der Waals surface area contributed by atoms with Gasteiger partial charge in [-0.1, -0.05) is 32.6 Å². The number of ether oxygens (including phenoxy) is 1. The lowest BCUT2D eigenvalue weighted by molar-refractivity contribution is -0.140. The van der Waals surface area contributed by atoms with E-state index < -0.39 is 0 Å². The van der Waals surface area contributed by atoms with Crippen LogP contribution in [-0.2, 0) is 4.79 Å². The van der Waals surface area contributed by atoms with Crippen LogP contribution in [0.4, 0.5) is 0 Å². The Kier molecular flexibility index (Phi) is 6.86. The third kappa shape index (κ3) is 5.26. The highest BCUT2D eigenvalue weighted by Gasteiger charge is 2.33. The minimum absolute atomic E-state index is 0.0444. The third-order valence-corrected chi connectivity index (χ3v) is 6.71. The topological polar surface area (TPSA) is 26.3 Å². The molecular weight excluding hydrogens is 328 g/mol. The Hall–Kier alpha value is -0.960. The standard InChI is InChI=1S/C22H32O2S/c1-2-3-16-4-6-17(7-5-16)18-8-10-19(11-9-18)22(23)24-20-12-14-21(25)15-13-20/h12-19,25H,2-11H2,1H3. The Labute approximate surface area is 158 Å². The average molecular weight is 361 g/mol. The lowest BCUT2D eigenvalue weighted by Crippen LogP contribution is -2.30. The van der Waals surface area contributed by atoms with Gasteiger partial charge in [0.05, 0.1) is 5.92 Å². The van der Waals surface area contributed by atoms with Gasteiger partial charge in [0, 0.05) is 4.90 Å². The molecule has 0 aromatic heterocycles. The molecule has 138 valence electrons. The molecule has 2 nitrogen and oxygen atoms in total. The van der Waals surface area contributed by atoms with Crippen LogP contribution in [-0.4, -0.2) is 5.97 Å². The van der Waals surface area contributed by atoms with Gasteiger partial charge in [-0.3, -0.25) is 4.79 Å². The quantitative estimate of drug-likeness (QED) is 0.379. The second-order valence-electron chi connectivity index (χ2n) is 8.10. The molecule has 2 aliphatic rings. The Balaban J connectivity index is 1.42. The monoisotopic (exact) mass is 360 g/mol. The van der Waals surface area contributed by atoms with Crippen LogP contribution < -0.4 is 4.74 Å². The summed E-state index contributed by atoms with van der Waals surface area (Å²) < 4.78 is 5.56. The summed E-state index contributed by atoms with van der Waals surface area (Å²) in [6.45, 7) is 2.30. The zero-order chi connectivity index (χ0) is 17.6. The van der Waals surface area contributed by atoms with Crippen LogP contribution in [0.2, 0.25) is 0 Å². The summed E-state index contributed by atoms with van der Waals surface area (Å²) in [7, 11) is 0. The Morgan fingerprint density at radius 3 is 2.08 bits per heavy atom. The minimum atomic E-state index is -0.0444. The largest absolute Gasteiger partial charge is 0.426 e. The predicted octanol–water partition coefficient (Wildman–Crippen LogP) is 6.29. The van der Waals surface area contributed by atoms with Crippen molar-refractivity contribution in [3.05, 3.63) is 24.3 Å². The zero-order valence-corrected chi connectivity index (χ0v) is 16.3. The smallest absolute Gasteiger partial charge is 0.314 e. The summed E-state index contributed by atoms with van der Waals surface area (Å²) in [5, 5.41) is 0. The molecule has 0 N–H and O–H groups in total. The molecule has 0 radical (unpaired) electrons. The molecule has 0 atom stereocenters. The van der Waals surface area contributed by atoms with Gasteiger partial charge in [-0.2, -0.15) is 0 Å². The van der Waals surface area contributed by atoms with E-state index in [1.165, 1.54) is 51.4 Å². The van der Waals surface area contributed by atoms with Gasteiger partial charge in [-0.05, 0) is 80.5 Å². The van der Waals surface area contributed by atoms with Gasteiger partial charge in [0.15, 0.2) is 0 Å². The Morgan fingerprint density at radius 1 is 0.960 bits per heavy atom. The SMILES string of the molecule is CCCC1CCC(C2CCC(C(=O)Oc3ccc(S)cc3)CC2)CC1. The van der Waals surface area contributed by atoms with Gasteiger partial charge in [-0.15, -0.1) is 12.6 Å². The molecule has 0 bridgehead atoms. The second kappa shape index (κ2) is 9.12. The van der Waals surface area contributed by atoms with Crippen LogP contribution in [0.25, 0.3) is 0 Å². The number of benzene rings is 1. The van der Waals surface area contributed by atoms with E-state index in [4.69, 9.17) is 4.74 Å². The molecule has 0 unspecified atom stereocenters. The van der Waals surface area contributed by atoms with Crippen molar-refractivity contribution in [3.8, 4) is 5.75 Å². The van der Waals surface area contributed by atoms with Crippen molar-refractivity contribution < 1.29 is 9.53 Å². The number of thiol groups is 1. The first-order valence-corrected chi connectivity index (χ1v) is 10.6. The van der Waals surface area contributed by atoms with Crippen molar-refractivity contribution in [1.29, 1.82) is 0 Å². The maximum absolute atomic E-state index is 12.4. The Bertz CT molecular complexity index is 538. The summed E-state index contributed by atoms with van der Waals surface area (Å²) in [5.74, 6) is 3.42. The van der Waals surface area contributed by atoms with Crippen LogP contribution in [0.1, 0.15) is 71.1 Å². The molecule has 1 aromatic carbocycles. The molecule has 2 fully saturated rings. The van der Waals surface area contributed by atoms with Gasteiger partial charge in [-0.25, -0.2) is 0 Å². The molecule has 3 heteroatoms.